The molecular weight excluding hydrogens is 220 g/mol. The van der Waals surface area contributed by atoms with Crippen molar-refractivity contribution in [1.82, 2.24) is 0 Å². The molecule has 0 aliphatic rings. The van der Waals surface area contributed by atoms with Crippen molar-refractivity contribution in [3.63, 3.8) is 0 Å². The van der Waals surface area contributed by atoms with Crippen LogP contribution >= 0.6 is 0 Å². The van der Waals surface area contributed by atoms with Crippen LogP contribution in [0.3, 0.4) is 0 Å². The van der Waals surface area contributed by atoms with E-state index in [-0.39, 0.29) is 17.5 Å². The molecule has 1 aromatic carbocycles. The summed E-state index contributed by atoms with van der Waals surface area (Å²) in [5, 5.41) is 13.2. The van der Waals surface area contributed by atoms with Gasteiger partial charge in [-0.1, -0.05) is 26.3 Å². The molecule has 0 heterocycles. The maximum Gasteiger partial charge on any atom is 0.271 e. The number of hydrogen-bond donors (Lipinski definition) is 1. The van der Waals surface area contributed by atoms with Gasteiger partial charge in [0.15, 0.2) is 0 Å². The number of carbonyl (C=O) groups excluding carboxylic acids is 1. The van der Waals surface area contributed by atoms with Crippen LogP contribution in [-0.4, -0.2) is 10.8 Å². The molecule has 0 saturated heterocycles. The largest absolute Gasteiger partial charge is 0.326 e. The fourth-order valence-electron chi connectivity index (χ4n) is 1.53. The van der Waals surface area contributed by atoms with Crippen molar-refractivity contribution < 1.29 is 9.72 Å². The molecule has 5 heteroatoms. The van der Waals surface area contributed by atoms with E-state index in [1.54, 1.807) is 12.1 Å². The maximum atomic E-state index is 11.7. The lowest BCUT2D eigenvalue weighted by Gasteiger charge is -2.10. The molecule has 5 nitrogen and oxygen atoms in total. The average Bonchev–Trinajstić information content (AvgIpc) is 2.29. The van der Waals surface area contributed by atoms with Crippen LogP contribution in [0.4, 0.5) is 11.4 Å². The van der Waals surface area contributed by atoms with Gasteiger partial charge < -0.3 is 5.32 Å². The summed E-state index contributed by atoms with van der Waals surface area (Å²) in [6, 6.07) is 5.95. The van der Waals surface area contributed by atoms with Gasteiger partial charge in [0.05, 0.1) is 4.92 Å². The third-order valence-electron chi connectivity index (χ3n) is 2.49. The Balaban J connectivity index is 2.71. The van der Waals surface area contributed by atoms with Crippen molar-refractivity contribution in [2.24, 2.45) is 5.92 Å². The third-order valence-corrected chi connectivity index (χ3v) is 2.49. The first-order chi connectivity index (χ1) is 8.04. The average molecular weight is 236 g/mol. The molecule has 0 spiro atoms. The second-order valence-electron chi connectivity index (χ2n) is 3.99. The molecule has 1 aromatic rings. The number of amides is 1. The highest BCUT2D eigenvalue weighted by Gasteiger charge is 2.13. The number of benzene rings is 1. The monoisotopic (exact) mass is 236 g/mol. The van der Waals surface area contributed by atoms with E-state index in [4.69, 9.17) is 0 Å². The number of nitro benzene ring substituents is 1. The van der Waals surface area contributed by atoms with Crippen LogP contribution in [0, 0.1) is 16.0 Å². The minimum Gasteiger partial charge on any atom is -0.326 e. The Kier molecular flexibility index (Phi) is 4.63. The number of non-ortho nitro benzene ring substituents is 1. The standard InChI is InChI=1S/C12H16N2O3/c1-3-5-9(2)12(15)13-10-6-4-7-11(8-10)14(16)17/h4,6-9H,3,5H2,1-2H3,(H,13,15)/t9-/m0/s1. The first kappa shape index (κ1) is 13.2. The summed E-state index contributed by atoms with van der Waals surface area (Å²) in [7, 11) is 0. The Bertz CT molecular complexity index is 418. The van der Waals surface area contributed by atoms with Gasteiger partial charge in [-0.15, -0.1) is 0 Å². The Morgan fingerprint density at radius 1 is 1.53 bits per heavy atom. The minimum absolute atomic E-state index is 0.0223. The SMILES string of the molecule is CCC[C@H](C)C(=O)Nc1cccc([N+](=O)[O-])c1. The second-order valence-corrected chi connectivity index (χ2v) is 3.99. The summed E-state index contributed by atoms with van der Waals surface area (Å²) in [5.74, 6) is -0.188. The number of hydrogen-bond acceptors (Lipinski definition) is 3. The summed E-state index contributed by atoms with van der Waals surface area (Å²) in [6.07, 6.45) is 1.74. The smallest absolute Gasteiger partial charge is 0.271 e. The van der Waals surface area contributed by atoms with Crippen molar-refractivity contribution in [3.8, 4) is 0 Å². The highest BCUT2D eigenvalue weighted by atomic mass is 16.6. The van der Waals surface area contributed by atoms with Crippen molar-refractivity contribution in [2.75, 3.05) is 5.32 Å². The van der Waals surface area contributed by atoms with Crippen LogP contribution in [0.5, 0.6) is 0 Å². The first-order valence-electron chi connectivity index (χ1n) is 5.60. The molecule has 0 saturated carbocycles. The molecule has 0 unspecified atom stereocenters. The van der Waals surface area contributed by atoms with Gasteiger partial charge >= 0.3 is 0 Å². The maximum absolute atomic E-state index is 11.7. The molecule has 0 radical (unpaired) electrons. The van der Waals surface area contributed by atoms with E-state index in [1.807, 2.05) is 13.8 Å². The lowest BCUT2D eigenvalue weighted by Crippen LogP contribution is -2.20. The first-order valence-corrected chi connectivity index (χ1v) is 5.60. The topological polar surface area (TPSA) is 72.2 Å². The Hall–Kier alpha value is -1.91. The lowest BCUT2D eigenvalue weighted by molar-refractivity contribution is -0.384. The van der Waals surface area contributed by atoms with Crippen molar-refractivity contribution in [1.29, 1.82) is 0 Å². The predicted octanol–water partition coefficient (Wildman–Crippen LogP) is 2.97. The van der Waals surface area contributed by atoms with E-state index in [1.165, 1.54) is 12.1 Å². The van der Waals surface area contributed by atoms with E-state index in [9.17, 15) is 14.9 Å². The highest BCUT2D eigenvalue weighted by Crippen LogP contribution is 2.18. The molecule has 17 heavy (non-hydrogen) atoms. The molecule has 0 aliphatic heterocycles. The van der Waals surface area contributed by atoms with Crippen molar-refractivity contribution >= 4 is 17.3 Å². The van der Waals surface area contributed by atoms with Crippen LogP contribution < -0.4 is 5.32 Å². The predicted molar refractivity (Wildman–Crippen MR) is 65.8 cm³/mol. The molecular formula is C12H16N2O3. The molecule has 0 aliphatic carbocycles. The van der Waals surface area contributed by atoms with E-state index in [2.05, 4.69) is 5.32 Å². The fourth-order valence-corrected chi connectivity index (χ4v) is 1.53. The highest BCUT2D eigenvalue weighted by molar-refractivity contribution is 5.92. The van der Waals surface area contributed by atoms with Gasteiger partial charge in [-0.2, -0.15) is 0 Å². The number of nitro groups is 1. The number of carbonyl (C=O) groups is 1. The Morgan fingerprint density at radius 2 is 2.24 bits per heavy atom. The van der Waals surface area contributed by atoms with Crippen molar-refractivity contribution in [3.05, 3.63) is 34.4 Å². The van der Waals surface area contributed by atoms with Crippen LogP contribution in [0.25, 0.3) is 0 Å². The quantitative estimate of drug-likeness (QED) is 0.631. The summed E-state index contributed by atoms with van der Waals surface area (Å²) in [4.78, 5) is 21.8. The summed E-state index contributed by atoms with van der Waals surface area (Å²) in [5.41, 5.74) is 0.443. The zero-order valence-corrected chi connectivity index (χ0v) is 9.97. The number of rotatable bonds is 5. The fraction of sp³-hybridized carbons (Fsp3) is 0.417. The van der Waals surface area contributed by atoms with E-state index in [0.29, 0.717) is 5.69 Å². The van der Waals surface area contributed by atoms with Gasteiger partial charge in [-0.25, -0.2) is 0 Å². The van der Waals surface area contributed by atoms with E-state index < -0.39 is 4.92 Å². The molecule has 1 atom stereocenters. The molecule has 1 rings (SSSR count). The summed E-state index contributed by atoms with van der Waals surface area (Å²) >= 11 is 0. The van der Waals surface area contributed by atoms with Gasteiger partial charge in [-0.05, 0) is 12.5 Å². The second kappa shape index (κ2) is 5.98. The van der Waals surface area contributed by atoms with Crippen LogP contribution in [-0.2, 0) is 4.79 Å². The van der Waals surface area contributed by atoms with Gasteiger partial charge in [0.25, 0.3) is 5.69 Å². The molecule has 0 aromatic heterocycles. The molecule has 0 bridgehead atoms. The number of anilines is 1. The zero-order valence-electron chi connectivity index (χ0n) is 9.97. The summed E-state index contributed by atoms with van der Waals surface area (Å²) < 4.78 is 0. The van der Waals surface area contributed by atoms with E-state index >= 15 is 0 Å². The Labute approximate surface area is 100.0 Å². The van der Waals surface area contributed by atoms with Gasteiger partial charge in [0.2, 0.25) is 5.91 Å². The van der Waals surface area contributed by atoms with Gasteiger partial charge in [0.1, 0.15) is 0 Å². The normalized spacial score (nSPS) is 11.9. The lowest BCUT2D eigenvalue weighted by atomic mass is 10.1. The van der Waals surface area contributed by atoms with Gasteiger partial charge in [-0.3, -0.25) is 14.9 Å². The molecule has 0 fully saturated rings. The third kappa shape index (κ3) is 3.86. The van der Waals surface area contributed by atoms with E-state index in [0.717, 1.165) is 12.8 Å². The van der Waals surface area contributed by atoms with Crippen molar-refractivity contribution in [2.45, 2.75) is 26.7 Å². The number of nitrogens with one attached hydrogen (secondary N) is 1. The minimum atomic E-state index is -0.481. The number of nitrogens with zero attached hydrogens (tertiary/aromatic N) is 1. The summed E-state index contributed by atoms with van der Waals surface area (Å²) in [6.45, 7) is 3.85. The molecule has 92 valence electrons. The molecule has 1 N–H and O–H groups in total. The molecule has 1 amide bonds. The van der Waals surface area contributed by atoms with Crippen LogP contribution in [0.2, 0.25) is 0 Å². The Morgan fingerprint density at radius 3 is 2.82 bits per heavy atom. The van der Waals surface area contributed by atoms with Gasteiger partial charge in [0, 0.05) is 23.7 Å². The van der Waals surface area contributed by atoms with Crippen LogP contribution in [0.1, 0.15) is 26.7 Å². The van der Waals surface area contributed by atoms with Crippen LogP contribution in [0.15, 0.2) is 24.3 Å². The zero-order chi connectivity index (χ0) is 12.8.